The van der Waals surface area contributed by atoms with Gasteiger partial charge in [-0.15, -0.1) is 0 Å². The number of hydrogen-bond acceptors (Lipinski definition) is 1. The van der Waals surface area contributed by atoms with Crippen molar-refractivity contribution in [3.8, 4) is 0 Å². The highest BCUT2D eigenvalue weighted by molar-refractivity contribution is 6.32. The number of rotatable bonds is 3. The highest BCUT2D eigenvalue weighted by atomic mass is 35.5. The van der Waals surface area contributed by atoms with Gasteiger partial charge in [-0.3, -0.25) is 4.79 Å². The molecule has 0 saturated heterocycles. The summed E-state index contributed by atoms with van der Waals surface area (Å²) >= 11 is 5.89. The molecule has 2 aromatic carbocycles. The molecule has 0 spiro atoms. The molecule has 0 atom stereocenters. The van der Waals surface area contributed by atoms with Crippen LogP contribution in [-0.2, 0) is 11.0 Å². The van der Waals surface area contributed by atoms with E-state index in [2.05, 4.69) is 5.32 Å². The third-order valence-corrected chi connectivity index (χ3v) is 3.81. The van der Waals surface area contributed by atoms with Crippen LogP contribution in [0.15, 0.2) is 42.5 Å². The molecule has 0 aromatic heterocycles. The normalized spacial score (nSPS) is 11.8. The summed E-state index contributed by atoms with van der Waals surface area (Å²) in [6.45, 7) is 3.71. The number of benzene rings is 2. The molecule has 2 nitrogen and oxygen atoms in total. The minimum Gasteiger partial charge on any atom is -0.322 e. The van der Waals surface area contributed by atoms with Crippen LogP contribution in [0, 0.1) is 13.8 Å². The topological polar surface area (TPSA) is 29.1 Å². The number of para-hydroxylation sites is 1. The summed E-state index contributed by atoms with van der Waals surface area (Å²) < 4.78 is 38.2. The van der Waals surface area contributed by atoms with Crippen molar-refractivity contribution in [2.75, 3.05) is 5.32 Å². The Bertz CT molecular complexity index is 777. The van der Waals surface area contributed by atoms with Crippen molar-refractivity contribution in [1.82, 2.24) is 0 Å². The minimum absolute atomic E-state index is 0.128. The van der Waals surface area contributed by atoms with E-state index in [0.717, 1.165) is 35.4 Å². The van der Waals surface area contributed by atoms with Crippen LogP contribution in [0.3, 0.4) is 0 Å². The lowest BCUT2D eigenvalue weighted by atomic mass is 10.1. The van der Waals surface area contributed by atoms with Gasteiger partial charge in [-0.1, -0.05) is 29.8 Å². The molecule has 0 radical (unpaired) electrons. The second-order valence-corrected chi connectivity index (χ2v) is 5.73. The van der Waals surface area contributed by atoms with Gasteiger partial charge in [0.25, 0.3) is 0 Å². The number of halogens is 4. The van der Waals surface area contributed by atoms with E-state index in [1.54, 1.807) is 0 Å². The average molecular weight is 354 g/mol. The van der Waals surface area contributed by atoms with E-state index in [9.17, 15) is 18.0 Å². The zero-order chi connectivity index (χ0) is 17.9. The molecule has 0 aliphatic carbocycles. The largest absolute Gasteiger partial charge is 0.416 e. The second-order valence-electron chi connectivity index (χ2n) is 5.32. The first-order chi connectivity index (χ1) is 11.2. The highest BCUT2D eigenvalue weighted by Gasteiger charge is 2.30. The fraction of sp³-hybridized carbons (Fsp3) is 0.167. The molecule has 0 saturated carbocycles. The second kappa shape index (κ2) is 7.09. The predicted octanol–water partition coefficient (Wildman–Crippen LogP) is 5.63. The van der Waals surface area contributed by atoms with Crippen LogP contribution in [0.1, 0.15) is 22.3 Å². The van der Waals surface area contributed by atoms with Gasteiger partial charge in [0.2, 0.25) is 5.91 Å². The van der Waals surface area contributed by atoms with Crippen LogP contribution in [0.4, 0.5) is 18.9 Å². The number of alkyl halides is 3. The van der Waals surface area contributed by atoms with E-state index < -0.39 is 17.6 Å². The van der Waals surface area contributed by atoms with E-state index in [1.165, 1.54) is 6.08 Å². The van der Waals surface area contributed by atoms with Gasteiger partial charge in [0, 0.05) is 16.8 Å². The summed E-state index contributed by atoms with van der Waals surface area (Å²) in [4.78, 5) is 12.0. The number of amides is 1. The Balaban J connectivity index is 2.20. The Morgan fingerprint density at radius 1 is 1.12 bits per heavy atom. The SMILES string of the molecule is Cc1cccc(C)c1NC(=O)/C=C/c1cc(C(F)(F)F)ccc1Cl. The van der Waals surface area contributed by atoms with Gasteiger partial charge in [-0.25, -0.2) is 0 Å². The fourth-order valence-electron chi connectivity index (χ4n) is 2.19. The van der Waals surface area contributed by atoms with Gasteiger partial charge >= 0.3 is 6.18 Å². The lowest BCUT2D eigenvalue weighted by molar-refractivity contribution is -0.137. The van der Waals surface area contributed by atoms with Crippen LogP contribution >= 0.6 is 11.6 Å². The molecule has 2 rings (SSSR count). The van der Waals surface area contributed by atoms with E-state index in [1.807, 2.05) is 32.0 Å². The van der Waals surface area contributed by atoms with Crippen molar-refractivity contribution in [3.05, 3.63) is 69.8 Å². The number of carbonyl (C=O) groups is 1. The first-order valence-corrected chi connectivity index (χ1v) is 7.48. The zero-order valence-corrected chi connectivity index (χ0v) is 13.8. The molecular weight excluding hydrogens is 339 g/mol. The molecule has 6 heteroatoms. The van der Waals surface area contributed by atoms with Crippen molar-refractivity contribution < 1.29 is 18.0 Å². The van der Waals surface area contributed by atoms with Gasteiger partial charge in [0.05, 0.1) is 5.56 Å². The van der Waals surface area contributed by atoms with Crippen molar-refractivity contribution in [2.45, 2.75) is 20.0 Å². The number of anilines is 1. The lowest BCUT2D eigenvalue weighted by Gasteiger charge is -2.10. The van der Waals surface area contributed by atoms with Gasteiger partial charge in [-0.05, 0) is 54.8 Å². The summed E-state index contributed by atoms with van der Waals surface area (Å²) in [5.41, 5.74) is 1.79. The van der Waals surface area contributed by atoms with Crippen molar-refractivity contribution in [2.24, 2.45) is 0 Å². The molecule has 24 heavy (non-hydrogen) atoms. The molecule has 1 amide bonds. The molecule has 0 aliphatic rings. The zero-order valence-electron chi connectivity index (χ0n) is 13.0. The molecule has 2 aromatic rings. The third kappa shape index (κ3) is 4.38. The maximum absolute atomic E-state index is 12.7. The third-order valence-electron chi connectivity index (χ3n) is 3.47. The molecule has 0 unspecified atom stereocenters. The summed E-state index contributed by atoms with van der Waals surface area (Å²) in [5.74, 6) is -0.444. The first-order valence-electron chi connectivity index (χ1n) is 7.10. The Kier molecular flexibility index (Phi) is 5.34. The Hall–Kier alpha value is -2.27. The van der Waals surface area contributed by atoms with Crippen LogP contribution in [0.2, 0.25) is 5.02 Å². The highest BCUT2D eigenvalue weighted by Crippen LogP contribution is 2.32. The van der Waals surface area contributed by atoms with E-state index in [-0.39, 0.29) is 10.6 Å². The van der Waals surface area contributed by atoms with Crippen LogP contribution in [-0.4, -0.2) is 5.91 Å². The summed E-state index contributed by atoms with van der Waals surface area (Å²) in [7, 11) is 0. The van der Waals surface area contributed by atoms with Crippen molar-refractivity contribution >= 4 is 29.3 Å². The molecular formula is C18H15ClF3NO. The standard InChI is InChI=1S/C18H15ClF3NO/c1-11-4-3-5-12(2)17(11)23-16(24)9-6-13-10-14(18(20,21)22)7-8-15(13)19/h3-10H,1-2H3,(H,23,24)/b9-6+. The summed E-state index contributed by atoms with van der Waals surface area (Å²) in [6, 6.07) is 8.56. The first kappa shape index (κ1) is 18.1. The Labute approximate surface area is 142 Å². The summed E-state index contributed by atoms with van der Waals surface area (Å²) in [6.07, 6.45) is -2.04. The molecule has 0 aliphatic heterocycles. The smallest absolute Gasteiger partial charge is 0.322 e. The summed E-state index contributed by atoms with van der Waals surface area (Å²) in [5, 5.41) is 2.86. The van der Waals surface area contributed by atoms with Crippen LogP contribution in [0.25, 0.3) is 6.08 Å². The van der Waals surface area contributed by atoms with Crippen molar-refractivity contribution in [3.63, 3.8) is 0 Å². The number of nitrogens with one attached hydrogen (secondary N) is 1. The van der Waals surface area contributed by atoms with Gasteiger partial charge in [-0.2, -0.15) is 13.2 Å². The van der Waals surface area contributed by atoms with Crippen LogP contribution < -0.4 is 5.32 Å². The van der Waals surface area contributed by atoms with Crippen molar-refractivity contribution in [1.29, 1.82) is 0 Å². The number of aryl methyl sites for hydroxylation is 2. The molecule has 0 heterocycles. The van der Waals surface area contributed by atoms with Gasteiger partial charge < -0.3 is 5.32 Å². The molecule has 1 N–H and O–H groups in total. The Morgan fingerprint density at radius 2 is 1.75 bits per heavy atom. The lowest BCUT2D eigenvalue weighted by Crippen LogP contribution is -2.10. The molecule has 126 valence electrons. The van der Waals surface area contributed by atoms with E-state index in [4.69, 9.17) is 11.6 Å². The Morgan fingerprint density at radius 3 is 2.33 bits per heavy atom. The molecule has 0 bridgehead atoms. The quantitative estimate of drug-likeness (QED) is 0.712. The minimum atomic E-state index is -4.46. The van der Waals surface area contributed by atoms with E-state index in [0.29, 0.717) is 5.69 Å². The monoisotopic (exact) mass is 353 g/mol. The fourth-order valence-corrected chi connectivity index (χ4v) is 2.37. The number of hydrogen-bond donors (Lipinski definition) is 1. The maximum Gasteiger partial charge on any atom is 0.416 e. The average Bonchev–Trinajstić information content (AvgIpc) is 2.49. The number of carbonyl (C=O) groups excluding carboxylic acids is 1. The predicted molar refractivity (Wildman–Crippen MR) is 90.0 cm³/mol. The van der Waals surface area contributed by atoms with Gasteiger partial charge in [0.1, 0.15) is 0 Å². The maximum atomic E-state index is 12.7. The van der Waals surface area contributed by atoms with E-state index >= 15 is 0 Å². The van der Waals surface area contributed by atoms with Crippen LogP contribution in [0.5, 0.6) is 0 Å². The van der Waals surface area contributed by atoms with Gasteiger partial charge in [0.15, 0.2) is 0 Å². The molecule has 0 fully saturated rings.